The van der Waals surface area contributed by atoms with Gasteiger partial charge in [-0.3, -0.25) is 9.59 Å². The summed E-state index contributed by atoms with van der Waals surface area (Å²) in [5.41, 5.74) is 2.71. The van der Waals surface area contributed by atoms with E-state index in [9.17, 15) is 9.59 Å². The highest BCUT2D eigenvalue weighted by molar-refractivity contribution is 7.22. The molecule has 1 amide bonds. The topological polar surface area (TPSA) is 51.1 Å². The fourth-order valence-electron chi connectivity index (χ4n) is 3.29. The van der Waals surface area contributed by atoms with Crippen LogP contribution in [0.4, 0.5) is 5.69 Å². The summed E-state index contributed by atoms with van der Waals surface area (Å²) in [5.74, 6) is -1.26. The molecule has 0 radical (unpaired) electrons. The minimum Gasteiger partial charge on any atom is -0.332 e. The molecule has 0 fully saturated rings. The molecular weight excluding hydrogens is 427 g/mol. The van der Waals surface area contributed by atoms with Gasteiger partial charge in [0.15, 0.2) is 0 Å². The summed E-state index contributed by atoms with van der Waals surface area (Å²) >= 11 is 13.6. The Bertz CT molecular complexity index is 1210. The molecule has 146 valence electrons. The summed E-state index contributed by atoms with van der Waals surface area (Å²) in [5, 5.41) is 4.02. The average molecular weight is 443 g/mol. The second-order valence-electron chi connectivity index (χ2n) is 6.59. The summed E-state index contributed by atoms with van der Waals surface area (Å²) in [6, 6.07) is 18.2. The van der Waals surface area contributed by atoms with E-state index in [1.165, 1.54) is 11.3 Å². The number of hydrogen-bond donors (Lipinski definition) is 1. The first-order chi connectivity index (χ1) is 13.9. The lowest BCUT2D eigenvalue weighted by molar-refractivity contribution is -0.112. The largest absolute Gasteiger partial charge is 0.332 e. The smallest absolute Gasteiger partial charge is 0.296 e. The first-order valence-corrected chi connectivity index (χ1v) is 10.4. The van der Waals surface area contributed by atoms with Crippen LogP contribution in [0.2, 0.25) is 9.36 Å². The Labute approximate surface area is 181 Å². The van der Waals surface area contributed by atoms with Crippen LogP contribution in [0.25, 0.3) is 10.2 Å². The minimum atomic E-state index is -0.674. The molecule has 0 saturated heterocycles. The fraction of sp³-hybridized carbons (Fsp3) is 0.0909. The SMILES string of the molecule is Cc1c(C(=O)C(=O)Nc2ccccc2)c2cc(Cl)sc2n1Cc1ccc(Cl)cc1. The molecule has 7 heteroatoms. The Morgan fingerprint density at radius 3 is 2.41 bits per heavy atom. The van der Waals surface area contributed by atoms with Crippen molar-refractivity contribution in [2.24, 2.45) is 0 Å². The molecule has 1 N–H and O–H groups in total. The lowest BCUT2D eigenvalue weighted by Crippen LogP contribution is -2.23. The molecule has 4 aromatic rings. The molecule has 0 aliphatic carbocycles. The summed E-state index contributed by atoms with van der Waals surface area (Å²) in [7, 11) is 0. The number of halogens is 2. The maximum atomic E-state index is 13.0. The molecule has 0 spiro atoms. The van der Waals surface area contributed by atoms with Crippen molar-refractivity contribution >= 4 is 62.1 Å². The predicted molar refractivity (Wildman–Crippen MR) is 120 cm³/mol. The lowest BCUT2D eigenvalue weighted by atomic mass is 10.1. The highest BCUT2D eigenvalue weighted by Crippen LogP contribution is 2.36. The van der Waals surface area contributed by atoms with Gasteiger partial charge in [0, 0.05) is 28.3 Å². The highest BCUT2D eigenvalue weighted by atomic mass is 35.5. The Kier molecular flexibility index (Phi) is 5.46. The molecule has 0 unspecified atom stereocenters. The van der Waals surface area contributed by atoms with Crippen LogP contribution in [0.15, 0.2) is 60.7 Å². The molecule has 29 heavy (non-hydrogen) atoms. The van der Waals surface area contributed by atoms with E-state index in [4.69, 9.17) is 23.2 Å². The molecule has 0 aliphatic rings. The van der Waals surface area contributed by atoms with E-state index in [1.54, 1.807) is 30.3 Å². The van der Waals surface area contributed by atoms with Gasteiger partial charge in [-0.05, 0) is 42.8 Å². The fourth-order valence-corrected chi connectivity index (χ4v) is 4.68. The van der Waals surface area contributed by atoms with Crippen LogP contribution in [0.5, 0.6) is 0 Å². The maximum Gasteiger partial charge on any atom is 0.296 e. The first kappa shape index (κ1) is 19.7. The molecule has 2 aromatic carbocycles. The van der Waals surface area contributed by atoms with Crippen molar-refractivity contribution in [1.82, 2.24) is 4.57 Å². The van der Waals surface area contributed by atoms with Gasteiger partial charge in [0.2, 0.25) is 0 Å². The minimum absolute atomic E-state index is 0.380. The number of benzene rings is 2. The number of ketones is 1. The number of fused-ring (bicyclic) bond motifs is 1. The van der Waals surface area contributed by atoms with Crippen molar-refractivity contribution in [2.75, 3.05) is 5.32 Å². The van der Waals surface area contributed by atoms with E-state index in [2.05, 4.69) is 5.32 Å². The van der Waals surface area contributed by atoms with Crippen LogP contribution in [0.3, 0.4) is 0 Å². The molecule has 2 heterocycles. The number of anilines is 1. The van der Waals surface area contributed by atoms with Crippen molar-refractivity contribution in [1.29, 1.82) is 0 Å². The van der Waals surface area contributed by atoms with E-state index in [-0.39, 0.29) is 0 Å². The van der Waals surface area contributed by atoms with Crippen molar-refractivity contribution < 1.29 is 9.59 Å². The van der Waals surface area contributed by atoms with Gasteiger partial charge in [0.25, 0.3) is 11.7 Å². The number of nitrogens with zero attached hydrogens (tertiary/aromatic N) is 1. The summed E-state index contributed by atoms with van der Waals surface area (Å²) in [6.45, 7) is 2.39. The van der Waals surface area contributed by atoms with Crippen LogP contribution in [-0.2, 0) is 11.3 Å². The van der Waals surface area contributed by atoms with Crippen LogP contribution >= 0.6 is 34.5 Å². The van der Waals surface area contributed by atoms with E-state index >= 15 is 0 Å². The third-order valence-corrected chi connectivity index (χ3v) is 6.22. The number of para-hydroxylation sites is 1. The molecule has 2 aromatic heterocycles. The molecule has 4 nitrogen and oxygen atoms in total. The maximum absolute atomic E-state index is 13.0. The zero-order valence-electron chi connectivity index (χ0n) is 15.4. The van der Waals surface area contributed by atoms with Crippen molar-refractivity contribution in [3.05, 3.63) is 86.8 Å². The zero-order valence-corrected chi connectivity index (χ0v) is 17.7. The normalized spacial score (nSPS) is 11.0. The number of aromatic nitrogens is 1. The van der Waals surface area contributed by atoms with Gasteiger partial charge >= 0.3 is 0 Å². The number of thiophene rings is 1. The number of amides is 1. The Balaban J connectivity index is 1.72. The quantitative estimate of drug-likeness (QED) is 0.296. The number of hydrogen-bond acceptors (Lipinski definition) is 3. The summed E-state index contributed by atoms with van der Waals surface area (Å²) in [4.78, 5) is 26.5. The van der Waals surface area contributed by atoms with E-state index < -0.39 is 11.7 Å². The molecule has 0 bridgehead atoms. The van der Waals surface area contributed by atoms with Gasteiger partial charge in [0.1, 0.15) is 4.83 Å². The predicted octanol–water partition coefficient (Wildman–Crippen LogP) is 6.19. The molecular formula is C22H16Cl2N2O2S. The number of nitrogens with one attached hydrogen (secondary N) is 1. The second-order valence-corrected chi connectivity index (χ2v) is 8.69. The average Bonchev–Trinajstić information content (AvgIpc) is 3.19. The van der Waals surface area contributed by atoms with Gasteiger partial charge in [-0.2, -0.15) is 0 Å². The van der Waals surface area contributed by atoms with Gasteiger partial charge in [-0.1, -0.05) is 53.5 Å². The molecule has 0 saturated carbocycles. The monoisotopic (exact) mass is 442 g/mol. The standard InChI is InChI=1S/C22H16Cl2N2O2S/c1-13-19(20(27)21(28)25-16-5-3-2-4-6-16)17-11-18(24)29-22(17)26(13)12-14-7-9-15(23)10-8-14/h2-11H,12H2,1H3,(H,25,28). The van der Waals surface area contributed by atoms with E-state index in [1.807, 2.05) is 41.8 Å². The third kappa shape index (κ3) is 3.94. The van der Waals surface area contributed by atoms with Crippen LogP contribution in [0.1, 0.15) is 21.6 Å². The molecule has 0 atom stereocenters. The van der Waals surface area contributed by atoms with Crippen molar-refractivity contribution in [2.45, 2.75) is 13.5 Å². The third-order valence-electron chi connectivity index (χ3n) is 4.68. The Hall–Kier alpha value is -2.60. The Morgan fingerprint density at radius 1 is 1.03 bits per heavy atom. The van der Waals surface area contributed by atoms with Crippen molar-refractivity contribution in [3.8, 4) is 0 Å². The van der Waals surface area contributed by atoms with E-state index in [0.29, 0.717) is 32.5 Å². The number of Topliss-reactive ketones (excluding diaryl/α,β-unsaturated/α-hetero) is 1. The number of carbonyl (C=O) groups is 2. The highest BCUT2D eigenvalue weighted by Gasteiger charge is 2.26. The summed E-state index contributed by atoms with van der Waals surface area (Å²) in [6.07, 6.45) is 0. The molecule has 0 aliphatic heterocycles. The summed E-state index contributed by atoms with van der Waals surface area (Å²) < 4.78 is 2.58. The van der Waals surface area contributed by atoms with Crippen LogP contribution in [-0.4, -0.2) is 16.3 Å². The first-order valence-electron chi connectivity index (χ1n) is 8.87. The Morgan fingerprint density at radius 2 is 1.72 bits per heavy atom. The van der Waals surface area contributed by atoms with Crippen molar-refractivity contribution in [3.63, 3.8) is 0 Å². The van der Waals surface area contributed by atoms with Crippen LogP contribution in [0, 0.1) is 6.92 Å². The second kappa shape index (κ2) is 8.03. The lowest BCUT2D eigenvalue weighted by Gasteiger charge is -2.09. The zero-order chi connectivity index (χ0) is 20.5. The van der Waals surface area contributed by atoms with Gasteiger partial charge in [0.05, 0.1) is 9.90 Å². The van der Waals surface area contributed by atoms with Gasteiger partial charge in [-0.15, -0.1) is 11.3 Å². The molecule has 4 rings (SSSR count). The number of rotatable bonds is 5. The van der Waals surface area contributed by atoms with E-state index in [0.717, 1.165) is 16.1 Å². The number of carbonyl (C=O) groups excluding carboxylic acids is 2. The van der Waals surface area contributed by atoms with Crippen LogP contribution < -0.4 is 5.32 Å². The van der Waals surface area contributed by atoms with Gasteiger partial charge in [-0.25, -0.2) is 0 Å². The van der Waals surface area contributed by atoms with Gasteiger partial charge < -0.3 is 9.88 Å².